The molecule has 0 bridgehead atoms. The van der Waals surface area contributed by atoms with Crippen LogP contribution in [0.25, 0.3) is 0 Å². The molecule has 6 N–H and O–H groups in total. The molecule has 0 saturated carbocycles. The van der Waals surface area contributed by atoms with Crippen molar-refractivity contribution in [2.45, 2.75) is 44.1 Å². The van der Waals surface area contributed by atoms with Crippen LogP contribution < -0.4 is 20.7 Å². The van der Waals surface area contributed by atoms with Gasteiger partial charge in [-0.2, -0.15) is 0 Å². The highest BCUT2D eigenvalue weighted by atomic mass is 16.7. The van der Waals surface area contributed by atoms with Crippen LogP contribution in [0.2, 0.25) is 0 Å². The Morgan fingerprint density at radius 1 is 1.06 bits per heavy atom. The number of aliphatic hydroxyl groups excluding tert-OH is 3. The standard InChI is InChI=1S/C22H35N3O9/c1-14(27)25-19-21(30)20(29)17(12-26)34-22(19)33-16-5-3-15(4-6-16)11-24-18(28)13-32-10-9-31-8-7-23-2/h3-6,17,19-23,26,29-30H,7-13H2,1-2H3,(H,24,28)(H,25,27)/t17?,19?,20-,21+,22+/m0/s1. The first-order valence-electron chi connectivity index (χ1n) is 11.1. The van der Waals surface area contributed by atoms with Gasteiger partial charge < -0.3 is 50.2 Å². The summed E-state index contributed by atoms with van der Waals surface area (Å²) in [6, 6.07) is 5.71. The maximum absolute atomic E-state index is 11.9. The number of carbonyl (C=O) groups excluding carboxylic acids is 2. The Morgan fingerprint density at radius 2 is 1.76 bits per heavy atom. The first-order valence-corrected chi connectivity index (χ1v) is 11.1. The summed E-state index contributed by atoms with van der Waals surface area (Å²) in [6.07, 6.45) is -4.98. The van der Waals surface area contributed by atoms with Crippen molar-refractivity contribution in [2.75, 3.05) is 46.6 Å². The number of benzene rings is 1. The fraction of sp³-hybridized carbons (Fsp3) is 0.636. The van der Waals surface area contributed by atoms with Crippen molar-refractivity contribution in [3.05, 3.63) is 29.8 Å². The van der Waals surface area contributed by atoms with Gasteiger partial charge in [0.25, 0.3) is 0 Å². The Bertz CT molecular complexity index is 750. The number of nitrogens with one attached hydrogen (secondary N) is 3. The van der Waals surface area contributed by atoms with E-state index in [1.807, 2.05) is 7.05 Å². The minimum Gasteiger partial charge on any atom is -0.463 e. The predicted octanol–water partition coefficient (Wildman–Crippen LogP) is -2.12. The number of hydrogen-bond donors (Lipinski definition) is 6. The molecule has 12 heteroatoms. The number of carbonyl (C=O) groups is 2. The zero-order valence-corrected chi connectivity index (χ0v) is 19.4. The highest BCUT2D eigenvalue weighted by molar-refractivity contribution is 5.77. The van der Waals surface area contributed by atoms with Crippen LogP contribution in [-0.2, 0) is 30.3 Å². The van der Waals surface area contributed by atoms with E-state index in [0.717, 1.165) is 12.1 Å². The summed E-state index contributed by atoms with van der Waals surface area (Å²) in [4.78, 5) is 23.4. The summed E-state index contributed by atoms with van der Waals surface area (Å²) in [5, 5.41) is 38.0. The fourth-order valence-corrected chi connectivity index (χ4v) is 3.20. The monoisotopic (exact) mass is 485 g/mol. The van der Waals surface area contributed by atoms with Gasteiger partial charge in [-0.3, -0.25) is 9.59 Å². The lowest BCUT2D eigenvalue weighted by molar-refractivity contribution is -0.244. The number of hydrogen-bond acceptors (Lipinski definition) is 10. The highest BCUT2D eigenvalue weighted by Gasteiger charge is 2.46. The van der Waals surface area contributed by atoms with E-state index in [1.165, 1.54) is 6.92 Å². The Morgan fingerprint density at radius 3 is 2.41 bits per heavy atom. The lowest BCUT2D eigenvalue weighted by Crippen LogP contribution is -2.65. The van der Waals surface area contributed by atoms with Gasteiger partial charge in [0.15, 0.2) is 0 Å². The fourth-order valence-electron chi connectivity index (χ4n) is 3.20. The minimum absolute atomic E-state index is 0.0691. The van der Waals surface area contributed by atoms with Crippen molar-refractivity contribution >= 4 is 11.8 Å². The Kier molecular flexibility index (Phi) is 12.2. The third kappa shape index (κ3) is 9.14. The van der Waals surface area contributed by atoms with Gasteiger partial charge in [-0.1, -0.05) is 12.1 Å². The van der Waals surface area contributed by atoms with E-state index in [1.54, 1.807) is 24.3 Å². The Labute approximate surface area is 198 Å². The van der Waals surface area contributed by atoms with E-state index >= 15 is 0 Å². The van der Waals surface area contributed by atoms with Gasteiger partial charge in [0.05, 0.1) is 26.4 Å². The zero-order valence-electron chi connectivity index (χ0n) is 19.4. The van der Waals surface area contributed by atoms with Gasteiger partial charge in [-0.15, -0.1) is 0 Å². The molecule has 1 aromatic rings. The van der Waals surface area contributed by atoms with Crippen LogP contribution in [0.5, 0.6) is 5.75 Å². The van der Waals surface area contributed by atoms with Gasteiger partial charge in [-0.05, 0) is 24.7 Å². The van der Waals surface area contributed by atoms with E-state index in [2.05, 4.69) is 16.0 Å². The van der Waals surface area contributed by atoms with Crippen molar-refractivity contribution in [1.82, 2.24) is 16.0 Å². The number of rotatable bonds is 14. The maximum Gasteiger partial charge on any atom is 0.246 e. The van der Waals surface area contributed by atoms with Crippen LogP contribution >= 0.6 is 0 Å². The second-order valence-corrected chi connectivity index (χ2v) is 7.74. The summed E-state index contributed by atoms with van der Waals surface area (Å²) in [7, 11) is 1.84. The first kappa shape index (κ1) is 27.9. The molecule has 192 valence electrons. The minimum atomic E-state index is -1.39. The maximum atomic E-state index is 11.9. The molecule has 1 fully saturated rings. The quantitative estimate of drug-likeness (QED) is 0.160. The average Bonchev–Trinajstić information content (AvgIpc) is 2.82. The van der Waals surface area contributed by atoms with E-state index < -0.39 is 43.2 Å². The number of ether oxygens (including phenoxy) is 4. The molecule has 2 unspecified atom stereocenters. The van der Waals surface area contributed by atoms with Crippen LogP contribution in [-0.4, -0.2) is 104 Å². The lowest BCUT2D eigenvalue weighted by Gasteiger charge is -2.42. The summed E-state index contributed by atoms with van der Waals surface area (Å²) < 4.78 is 21.9. The molecule has 34 heavy (non-hydrogen) atoms. The average molecular weight is 486 g/mol. The largest absolute Gasteiger partial charge is 0.463 e. The second-order valence-electron chi connectivity index (χ2n) is 7.74. The van der Waals surface area contributed by atoms with E-state index in [9.17, 15) is 24.9 Å². The van der Waals surface area contributed by atoms with Gasteiger partial charge in [0.1, 0.15) is 36.7 Å². The summed E-state index contributed by atoms with van der Waals surface area (Å²) in [6.45, 7) is 3.03. The van der Waals surface area contributed by atoms with Crippen LogP contribution in [0.1, 0.15) is 12.5 Å². The van der Waals surface area contributed by atoms with E-state index in [4.69, 9.17) is 18.9 Å². The molecule has 2 amide bonds. The molecule has 0 aromatic heterocycles. The summed E-state index contributed by atoms with van der Waals surface area (Å²) >= 11 is 0. The molecular weight excluding hydrogens is 450 g/mol. The molecule has 1 saturated heterocycles. The Hall–Kier alpha value is -2.32. The molecule has 1 heterocycles. The third-order valence-electron chi connectivity index (χ3n) is 5.02. The molecule has 2 rings (SSSR count). The van der Waals surface area contributed by atoms with Crippen molar-refractivity contribution in [1.29, 1.82) is 0 Å². The van der Waals surface area contributed by atoms with E-state index in [0.29, 0.717) is 25.6 Å². The molecule has 0 aliphatic carbocycles. The molecule has 1 aliphatic heterocycles. The van der Waals surface area contributed by atoms with Crippen LogP contribution in [0.3, 0.4) is 0 Å². The number of likely N-dealkylation sites (N-methyl/N-ethyl adjacent to an activating group) is 1. The van der Waals surface area contributed by atoms with Gasteiger partial charge >= 0.3 is 0 Å². The van der Waals surface area contributed by atoms with Crippen LogP contribution in [0.15, 0.2) is 24.3 Å². The lowest BCUT2D eigenvalue weighted by atomic mass is 9.97. The predicted molar refractivity (Wildman–Crippen MR) is 120 cm³/mol. The van der Waals surface area contributed by atoms with Crippen molar-refractivity contribution in [2.24, 2.45) is 0 Å². The summed E-state index contributed by atoms with van der Waals surface area (Å²) in [5.74, 6) is -0.323. The smallest absolute Gasteiger partial charge is 0.246 e. The number of aliphatic hydroxyl groups is 3. The van der Waals surface area contributed by atoms with E-state index in [-0.39, 0.29) is 19.1 Å². The van der Waals surface area contributed by atoms with Gasteiger partial charge in [-0.25, -0.2) is 0 Å². The number of amides is 2. The zero-order chi connectivity index (χ0) is 24.9. The van der Waals surface area contributed by atoms with Gasteiger partial charge in [0.2, 0.25) is 18.1 Å². The Balaban J connectivity index is 1.80. The van der Waals surface area contributed by atoms with Crippen molar-refractivity contribution in [3.63, 3.8) is 0 Å². The SMILES string of the molecule is CNCCOCCOCC(=O)NCc1ccc(O[C@@H]2OC(CO)[C@H](O)[C@H](O)C2NC(C)=O)cc1. The van der Waals surface area contributed by atoms with Crippen molar-refractivity contribution in [3.8, 4) is 5.75 Å². The third-order valence-corrected chi connectivity index (χ3v) is 5.02. The highest BCUT2D eigenvalue weighted by Crippen LogP contribution is 2.24. The molecule has 0 spiro atoms. The van der Waals surface area contributed by atoms with Gasteiger partial charge in [0, 0.05) is 20.0 Å². The van der Waals surface area contributed by atoms with Crippen LogP contribution in [0.4, 0.5) is 0 Å². The molecule has 1 aromatic carbocycles. The molecule has 0 radical (unpaired) electrons. The molecule has 5 atom stereocenters. The normalized spacial score (nSPS) is 24.4. The van der Waals surface area contributed by atoms with Crippen LogP contribution in [0, 0.1) is 0 Å². The topological polar surface area (TPSA) is 168 Å². The molecular formula is C22H35N3O9. The summed E-state index contributed by atoms with van der Waals surface area (Å²) in [5.41, 5.74) is 0.808. The molecule has 12 nitrogen and oxygen atoms in total. The first-order chi connectivity index (χ1) is 16.3. The second kappa shape index (κ2) is 14.8. The molecule has 1 aliphatic rings. The van der Waals surface area contributed by atoms with Crippen molar-refractivity contribution < 1.29 is 43.9 Å².